The van der Waals surface area contributed by atoms with Crippen LogP contribution in [0.15, 0.2) is 48.5 Å². The summed E-state index contributed by atoms with van der Waals surface area (Å²) in [4.78, 5) is 0. The fourth-order valence-electron chi connectivity index (χ4n) is 1.90. The summed E-state index contributed by atoms with van der Waals surface area (Å²) in [6, 6.07) is 14.3. The summed E-state index contributed by atoms with van der Waals surface area (Å²) in [5.74, 6) is 0.0819. The Balaban J connectivity index is 1.81. The number of para-hydroxylation sites is 1. The molecule has 0 atom stereocenters. The number of nitrogens with one attached hydrogen (secondary N) is 1. The van der Waals surface area contributed by atoms with E-state index >= 15 is 0 Å². The second-order valence-electron chi connectivity index (χ2n) is 4.30. The van der Waals surface area contributed by atoms with E-state index in [0.29, 0.717) is 11.5 Å². The minimum Gasteiger partial charge on any atom is -0.375 e. The van der Waals surface area contributed by atoms with E-state index in [1.165, 1.54) is 6.07 Å². The van der Waals surface area contributed by atoms with E-state index in [-0.39, 0.29) is 11.6 Å². The lowest BCUT2D eigenvalue weighted by molar-refractivity contribution is 0.630. The summed E-state index contributed by atoms with van der Waals surface area (Å²) in [6.45, 7) is 0.277. The lowest BCUT2D eigenvalue weighted by Crippen LogP contribution is -2.09. The molecule has 0 unspecified atom stereocenters. The van der Waals surface area contributed by atoms with Gasteiger partial charge < -0.3 is 5.32 Å². The highest BCUT2D eigenvalue weighted by atomic mass is 35.5. The Kier molecular flexibility index (Phi) is 3.79. The molecule has 0 bridgehead atoms. The average Bonchev–Trinajstić information content (AvgIpc) is 2.98. The molecule has 3 aromatic rings. The number of aromatic nitrogens is 4. The Morgan fingerprint density at radius 2 is 1.90 bits per heavy atom. The Morgan fingerprint density at radius 1 is 1.10 bits per heavy atom. The molecular weight excluding hydrogens is 293 g/mol. The van der Waals surface area contributed by atoms with Crippen molar-refractivity contribution >= 4 is 17.3 Å². The van der Waals surface area contributed by atoms with Crippen molar-refractivity contribution in [2.75, 3.05) is 5.32 Å². The molecule has 5 nitrogen and oxygen atoms in total. The van der Waals surface area contributed by atoms with E-state index in [4.69, 9.17) is 11.6 Å². The van der Waals surface area contributed by atoms with Crippen molar-refractivity contribution in [1.29, 1.82) is 0 Å². The summed E-state index contributed by atoms with van der Waals surface area (Å²) in [5, 5.41) is 14.5. The van der Waals surface area contributed by atoms with Gasteiger partial charge in [-0.15, -0.1) is 5.10 Å². The van der Waals surface area contributed by atoms with Gasteiger partial charge in [-0.25, -0.2) is 4.39 Å². The molecule has 106 valence electrons. The van der Waals surface area contributed by atoms with Crippen molar-refractivity contribution in [2.45, 2.75) is 6.54 Å². The molecule has 0 saturated carbocycles. The SMILES string of the molecule is Fc1c(Cl)cccc1NCc1nnnn1-c1ccccc1. The minimum atomic E-state index is -0.488. The Hall–Kier alpha value is -2.47. The molecule has 0 fully saturated rings. The predicted molar refractivity (Wildman–Crippen MR) is 77.9 cm³/mol. The van der Waals surface area contributed by atoms with E-state index in [1.807, 2.05) is 30.3 Å². The van der Waals surface area contributed by atoms with Gasteiger partial charge in [0.25, 0.3) is 0 Å². The summed E-state index contributed by atoms with van der Waals surface area (Å²) >= 11 is 5.74. The van der Waals surface area contributed by atoms with Gasteiger partial charge in [0.15, 0.2) is 11.6 Å². The number of hydrogen-bond acceptors (Lipinski definition) is 4. The second-order valence-corrected chi connectivity index (χ2v) is 4.70. The highest BCUT2D eigenvalue weighted by Gasteiger charge is 2.10. The molecular formula is C14H11ClFN5. The van der Waals surface area contributed by atoms with Gasteiger partial charge in [-0.3, -0.25) is 0 Å². The standard InChI is InChI=1S/C14H11ClFN5/c15-11-7-4-8-12(14(11)16)17-9-13-18-19-20-21(13)10-5-2-1-3-6-10/h1-8,17H,9H2. The summed E-state index contributed by atoms with van der Waals surface area (Å²) < 4.78 is 15.4. The third-order valence-electron chi connectivity index (χ3n) is 2.92. The Morgan fingerprint density at radius 3 is 2.71 bits per heavy atom. The van der Waals surface area contributed by atoms with Gasteiger partial charge >= 0.3 is 0 Å². The first-order valence-electron chi connectivity index (χ1n) is 6.26. The predicted octanol–water partition coefficient (Wildman–Crippen LogP) is 3.07. The van der Waals surface area contributed by atoms with Crippen LogP contribution >= 0.6 is 11.6 Å². The van der Waals surface area contributed by atoms with Crippen molar-refractivity contribution in [2.24, 2.45) is 0 Å². The third-order valence-corrected chi connectivity index (χ3v) is 3.22. The van der Waals surface area contributed by atoms with Crippen LogP contribution in [0.4, 0.5) is 10.1 Å². The molecule has 3 rings (SSSR count). The van der Waals surface area contributed by atoms with Gasteiger partial charge in [0.1, 0.15) is 0 Å². The van der Waals surface area contributed by atoms with Crippen LogP contribution in [0.25, 0.3) is 5.69 Å². The third kappa shape index (κ3) is 2.85. The van der Waals surface area contributed by atoms with Gasteiger partial charge in [0.05, 0.1) is 22.9 Å². The molecule has 1 heterocycles. The van der Waals surface area contributed by atoms with Gasteiger partial charge in [-0.2, -0.15) is 4.68 Å². The van der Waals surface area contributed by atoms with Gasteiger partial charge in [-0.05, 0) is 34.7 Å². The molecule has 0 aliphatic carbocycles. The summed E-state index contributed by atoms with van der Waals surface area (Å²) in [7, 11) is 0. The lowest BCUT2D eigenvalue weighted by atomic mass is 10.3. The Labute approximate surface area is 125 Å². The van der Waals surface area contributed by atoms with Crippen LogP contribution in [0, 0.1) is 5.82 Å². The van der Waals surface area contributed by atoms with Crippen molar-refractivity contribution < 1.29 is 4.39 Å². The van der Waals surface area contributed by atoms with Crippen LogP contribution < -0.4 is 5.32 Å². The molecule has 0 aliphatic heterocycles. The van der Waals surface area contributed by atoms with Crippen molar-refractivity contribution in [3.63, 3.8) is 0 Å². The number of halogens is 2. The minimum absolute atomic E-state index is 0.0719. The fourth-order valence-corrected chi connectivity index (χ4v) is 2.07. The van der Waals surface area contributed by atoms with E-state index in [0.717, 1.165) is 5.69 Å². The van der Waals surface area contributed by atoms with Crippen LogP contribution in [0.1, 0.15) is 5.82 Å². The van der Waals surface area contributed by atoms with Crippen molar-refractivity contribution in [1.82, 2.24) is 20.2 Å². The number of nitrogens with zero attached hydrogens (tertiary/aromatic N) is 4. The maximum absolute atomic E-state index is 13.8. The molecule has 7 heteroatoms. The van der Waals surface area contributed by atoms with Gasteiger partial charge in [0, 0.05) is 0 Å². The monoisotopic (exact) mass is 303 g/mol. The zero-order valence-corrected chi connectivity index (χ0v) is 11.6. The van der Waals surface area contributed by atoms with E-state index in [2.05, 4.69) is 20.8 Å². The largest absolute Gasteiger partial charge is 0.375 e. The normalized spacial score (nSPS) is 10.6. The summed E-state index contributed by atoms with van der Waals surface area (Å²) in [5.41, 5.74) is 1.15. The van der Waals surface area contributed by atoms with Gasteiger partial charge in [0.2, 0.25) is 0 Å². The molecule has 0 saturated heterocycles. The van der Waals surface area contributed by atoms with Crippen LogP contribution in [0.5, 0.6) is 0 Å². The van der Waals surface area contributed by atoms with Crippen LogP contribution in [0.3, 0.4) is 0 Å². The van der Waals surface area contributed by atoms with E-state index < -0.39 is 5.82 Å². The first kappa shape index (κ1) is 13.5. The zero-order valence-electron chi connectivity index (χ0n) is 10.9. The molecule has 1 N–H and O–H groups in total. The highest BCUT2D eigenvalue weighted by molar-refractivity contribution is 6.31. The topological polar surface area (TPSA) is 55.6 Å². The number of benzene rings is 2. The Bertz CT molecular complexity index is 744. The smallest absolute Gasteiger partial charge is 0.175 e. The molecule has 2 aromatic carbocycles. The maximum atomic E-state index is 13.8. The molecule has 1 aromatic heterocycles. The molecule has 0 radical (unpaired) electrons. The van der Waals surface area contributed by atoms with Crippen LogP contribution in [-0.2, 0) is 6.54 Å². The number of anilines is 1. The highest BCUT2D eigenvalue weighted by Crippen LogP contribution is 2.22. The maximum Gasteiger partial charge on any atom is 0.175 e. The summed E-state index contributed by atoms with van der Waals surface area (Å²) in [6.07, 6.45) is 0. The first-order valence-corrected chi connectivity index (χ1v) is 6.64. The number of hydrogen-bond donors (Lipinski definition) is 1. The quantitative estimate of drug-likeness (QED) is 0.805. The first-order chi connectivity index (χ1) is 10.3. The lowest BCUT2D eigenvalue weighted by Gasteiger charge is -2.08. The number of rotatable bonds is 4. The van der Waals surface area contributed by atoms with Crippen molar-refractivity contribution in [3.8, 4) is 5.69 Å². The molecule has 0 spiro atoms. The second kappa shape index (κ2) is 5.88. The van der Waals surface area contributed by atoms with Crippen LogP contribution in [-0.4, -0.2) is 20.2 Å². The fraction of sp³-hybridized carbons (Fsp3) is 0.0714. The molecule has 21 heavy (non-hydrogen) atoms. The molecule has 0 amide bonds. The number of tetrazole rings is 1. The molecule has 0 aliphatic rings. The van der Waals surface area contributed by atoms with Crippen molar-refractivity contribution in [3.05, 3.63) is 65.2 Å². The average molecular weight is 304 g/mol. The van der Waals surface area contributed by atoms with Gasteiger partial charge in [-0.1, -0.05) is 35.9 Å². The van der Waals surface area contributed by atoms with E-state index in [1.54, 1.807) is 16.8 Å². The zero-order chi connectivity index (χ0) is 14.7. The van der Waals surface area contributed by atoms with Crippen LogP contribution in [0.2, 0.25) is 5.02 Å². The van der Waals surface area contributed by atoms with E-state index in [9.17, 15) is 4.39 Å².